The smallest absolute Gasteiger partial charge is 0.332 e. The quantitative estimate of drug-likeness (QED) is 0.736. The fourth-order valence-electron chi connectivity index (χ4n) is 1.71. The summed E-state index contributed by atoms with van der Waals surface area (Å²) in [6.45, 7) is 6.85. The molecule has 1 aliphatic rings. The van der Waals surface area contributed by atoms with Crippen LogP contribution in [0.5, 0.6) is 0 Å². The zero-order chi connectivity index (χ0) is 10.6. The molecule has 82 valence electrons. The summed E-state index contributed by atoms with van der Waals surface area (Å²) in [5, 5.41) is 8.68. The minimum absolute atomic E-state index is 0.129. The molecule has 0 aromatic rings. The molecule has 14 heavy (non-hydrogen) atoms. The van der Waals surface area contributed by atoms with E-state index in [9.17, 15) is 4.79 Å². The molecule has 0 radical (unpaired) electrons. The molecule has 1 rings (SSSR count). The molecule has 0 aliphatic carbocycles. The van der Waals surface area contributed by atoms with Crippen LogP contribution in [0.15, 0.2) is 0 Å². The molecule has 1 saturated heterocycles. The van der Waals surface area contributed by atoms with Gasteiger partial charge in [0.25, 0.3) is 0 Å². The van der Waals surface area contributed by atoms with Crippen LogP contribution in [0.25, 0.3) is 0 Å². The lowest BCUT2D eigenvalue weighted by Crippen LogP contribution is -2.39. The van der Waals surface area contributed by atoms with Gasteiger partial charge in [0.05, 0.1) is 6.10 Å². The Balaban J connectivity index is 2.25. The zero-order valence-electron chi connectivity index (χ0n) is 8.90. The van der Waals surface area contributed by atoms with Gasteiger partial charge in [-0.1, -0.05) is 6.92 Å². The lowest BCUT2D eigenvalue weighted by molar-refractivity contribution is -0.154. The Morgan fingerprint density at radius 2 is 2.14 bits per heavy atom. The average molecular weight is 201 g/mol. The van der Waals surface area contributed by atoms with Gasteiger partial charge in [-0.15, -0.1) is 0 Å². The highest BCUT2D eigenvalue weighted by atomic mass is 16.5. The van der Waals surface area contributed by atoms with Crippen molar-refractivity contribution in [3.8, 4) is 0 Å². The molecule has 1 heterocycles. The Bertz CT molecular complexity index is 188. The van der Waals surface area contributed by atoms with E-state index >= 15 is 0 Å². The van der Waals surface area contributed by atoms with Crippen molar-refractivity contribution in [3.63, 3.8) is 0 Å². The second-order valence-electron chi connectivity index (χ2n) is 3.75. The van der Waals surface area contributed by atoms with E-state index in [1.807, 2.05) is 0 Å². The van der Waals surface area contributed by atoms with Crippen molar-refractivity contribution in [1.29, 1.82) is 0 Å². The zero-order valence-corrected chi connectivity index (χ0v) is 8.90. The molecule has 0 aromatic carbocycles. The molecular weight excluding hydrogens is 182 g/mol. The fraction of sp³-hybridized carbons (Fsp3) is 0.900. The van der Waals surface area contributed by atoms with E-state index in [-0.39, 0.29) is 6.10 Å². The van der Waals surface area contributed by atoms with Gasteiger partial charge in [-0.3, -0.25) is 0 Å². The first-order chi connectivity index (χ1) is 6.63. The maximum Gasteiger partial charge on any atom is 0.332 e. The van der Waals surface area contributed by atoms with Crippen LogP contribution in [0.3, 0.4) is 0 Å². The molecule has 4 heteroatoms. The molecule has 0 bridgehead atoms. The topological polar surface area (TPSA) is 49.8 Å². The molecule has 1 unspecified atom stereocenters. The number of hydrogen-bond acceptors (Lipinski definition) is 3. The summed E-state index contributed by atoms with van der Waals surface area (Å²) >= 11 is 0. The summed E-state index contributed by atoms with van der Waals surface area (Å²) < 4.78 is 5.42. The molecule has 0 aromatic heterocycles. The van der Waals surface area contributed by atoms with Gasteiger partial charge in [-0.25, -0.2) is 4.79 Å². The van der Waals surface area contributed by atoms with E-state index in [1.54, 1.807) is 6.92 Å². The number of nitrogens with zero attached hydrogens (tertiary/aromatic N) is 1. The first kappa shape index (κ1) is 11.5. The largest absolute Gasteiger partial charge is 0.479 e. The number of piperidine rings is 1. The second-order valence-corrected chi connectivity index (χ2v) is 3.75. The van der Waals surface area contributed by atoms with Gasteiger partial charge in [0, 0.05) is 13.1 Å². The lowest BCUT2D eigenvalue weighted by atomic mass is 10.1. The van der Waals surface area contributed by atoms with Crippen LogP contribution in [0, 0.1) is 0 Å². The average Bonchev–Trinajstić information content (AvgIpc) is 2.19. The third kappa shape index (κ3) is 3.27. The summed E-state index contributed by atoms with van der Waals surface area (Å²) in [5.74, 6) is -0.872. The van der Waals surface area contributed by atoms with E-state index in [0.29, 0.717) is 0 Å². The van der Waals surface area contributed by atoms with Crippen LogP contribution in [-0.4, -0.2) is 47.8 Å². The maximum atomic E-state index is 10.6. The number of carboxylic acid groups (broad SMARTS) is 1. The number of likely N-dealkylation sites (tertiary alicyclic amines) is 1. The molecule has 0 saturated carbocycles. The first-order valence-electron chi connectivity index (χ1n) is 5.24. The third-order valence-electron chi connectivity index (χ3n) is 2.73. The van der Waals surface area contributed by atoms with Crippen molar-refractivity contribution in [3.05, 3.63) is 0 Å². The maximum absolute atomic E-state index is 10.6. The molecule has 0 amide bonds. The van der Waals surface area contributed by atoms with E-state index in [2.05, 4.69) is 11.8 Å². The highest BCUT2D eigenvalue weighted by Gasteiger charge is 2.22. The van der Waals surface area contributed by atoms with Crippen molar-refractivity contribution in [1.82, 2.24) is 4.90 Å². The summed E-state index contributed by atoms with van der Waals surface area (Å²) in [5.41, 5.74) is 0. The fourth-order valence-corrected chi connectivity index (χ4v) is 1.71. The van der Waals surface area contributed by atoms with Crippen LogP contribution < -0.4 is 0 Å². The van der Waals surface area contributed by atoms with Crippen molar-refractivity contribution in [2.24, 2.45) is 0 Å². The number of aliphatic carboxylic acids is 1. The van der Waals surface area contributed by atoms with Crippen LogP contribution in [0.2, 0.25) is 0 Å². The SMILES string of the molecule is CCN1CCC(OC(C)C(=O)O)CC1. The Morgan fingerprint density at radius 3 is 2.57 bits per heavy atom. The lowest BCUT2D eigenvalue weighted by Gasteiger charge is -2.31. The van der Waals surface area contributed by atoms with Crippen LogP contribution in [0.1, 0.15) is 26.7 Å². The van der Waals surface area contributed by atoms with Crippen molar-refractivity contribution < 1.29 is 14.6 Å². The highest BCUT2D eigenvalue weighted by Crippen LogP contribution is 2.14. The molecule has 0 spiro atoms. The van der Waals surface area contributed by atoms with Gasteiger partial charge in [0.1, 0.15) is 0 Å². The van der Waals surface area contributed by atoms with Crippen LogP contribution >= 0.6 is 0 Å². The summed E-state index contributed by atoms with van der Waals surface area (Å²) in [4.78, 5) is 12.9. The minimum atomic E-state index is -0.872. The summed E-state index contributed by atoms with van der Waals surface area (Å²) in [7, 11) is 0. The highest BCUT2D eigenvalue weighted by molar-refractivity contribution is 5.71. The molecule has 1 N–H and O–H groups in total. The van der Waals surface area contributed by atoms with Gasteiger partial charge in [0.2, 0.25) is 0 Å². The number of carboxylic acids is 1. The van der Waals surface area contributed by atoms with E-state index in [4.69, 9.17) is 9.84 Å². The van der Waals surface area contributed by atoms with Gasteiger partial charge < -0.3 is 14.7 Å². The molecule has 1 aliphatic heterocycles. The second kappa shape index (κ2) is 5.32. The summed E-state index contributed by atoms with van der Waals surface area (Å²) in [6, 6.07) is 0. The van der Waals surface area contributed by atoms with Crippen LogP contribution in [-0.2, 0) is 9.53 Å². The number of rotatable bonds is 4. The Labute approximate surface area is 84.8 Å². The van der Waals surface area contributed by atoms with Crippen LogP contribution in [0.4, 0.5) is 0 Å². The predicted octanol–water partition coefficient (Wildman–Crippen LogP) is 0.960. The standard InChI is InChI=1S/C10H19NO3/c1-3-11-6-4-9(5-7-11)14-8(2)10(12)13/h8-9H,3-7H2,1-2H3,(H,12,13). The van der Waals surface area contributed by atoms with Crippen molar-refractivity contribution in [2.45, 2.75) is 38.9 Å². The third-order valence-corrected chi connectivity index (χ3v) is 2.73. The summed E-state index contributed by atoms with van der Waals surface area (Å²) in [6.07, 6.45) is 1.36. The normalized spacial score (nSPS) is 22.1. The molecular formula is C10H19NO3. The first-order valence-corrected chi connectivity index (χ1v) is 5.24. The Kier molecular flexibility index (Phi) is 4.35. The monoisotopic (exact) mass is 201 g/mol. The molecule has 1 atom stereocenters. The molecule has 4 nitrogen and oxygen atoms in total. The van der Waals surface area contributed by atoms with Gasteiger partial charge in [0.15, 0.2) is 6.10 Å². The van der Waals surface area contributed by atoms with Gasteiger partial charge in [-0.05, 0) is 26.3 Å². The Hall–Kier alpha value is -0.610. The number of hydrogen-bond donors (Lipinski definition) is 1. The number of ether oxygens (including phenoxy) is 1. The minimum Gasteiger partial charge on any atom is -0.479 e. The van der Waals surface area contributed by atoms with E-state index in [1.165, 1.54) is 0 Å². The Morgan fingerprint density at radius 1 is 1.57 bits per heavy atom. The predicted molar refractivity (Wildman–Crippen MR) is 53.3 cm³/mol. The van der Waals surface area contributed by atoms with Crippen molar-refractivity contribution in [2.75, 3.05) is 19.6 Å². The van der Waals surface area contributed by atoms with E-state index < -0.39 is 12.1 Å². The molecule has 1 fully saturated rings. The number of carbonyl (C=O) groups is 1. The van der Waals surface area contributed by atoms with Gasteiger partial charge >= 0.3 is 5.97 Å². The van der Waals surface area contributed by atoms with Gasteiger partial charge in [-0.2, -0.15) is 0 Å². The van der Waals surface area contributed by atoms with E-state index in [0.717, 1.165) is 32.5 Å². The van der Waals surface area contributed by atoms with Crippen molar-refractivity contribution >= 4 is 5.97 Å².